The summed E-state index contributed by atoms with van der Waals surface area (Å²) in [5.74, 6) is 3.05. The summed E-state index contributed by atoms with van der Waals surface area (Å²) >= 11 is 0.686. The van der Waals surface area contributed by atoms with Gasteiger partial charge < -0.3 is 5.84 Å². The van der Waals surface area contributed by atoms with Gasteiger partial charge in [0.25, 0.3) is 5.82 Å². The van der Waals surface area contributed by atoms with Gasteiger partial charge >= 0.3 is 6.18 Å². The minimum absolute atomic E-state index is 0.162. The lowest BCUT2D eigenvalue weighted by Crippen LogP contribution is -2.32. The molecule has 1 aliphatic heterocycles. The molecule has 0 radical (unpaired) electrons. The third-order valence-corrected chi connectivity index (χ3v) is 5.01. The summed E-state index contributed by atoms with van der Waals surface area (Å²) < 4.78 is 38.5. The third-order valence-electron chi connectivity index (χ3n) is 3.86. The molecule has 2 amide bonds. The zero-order valence-electron chi connectivity index (χ0n) is 13.7. The highest BCUT2D eigenvalue weighted by Crippen LogP contribution is 2.36. The molecule has 0 aliphatic carbocycles. The molecule has 2 heterocycles. The van der Waals surface area contributed by atoms with Crippen LogP contribution in [0.2, 0.25) is 0 Å². The number of hydrogen-bond donors (Lipinski definition) is 1. The van der Waals surface area contributed by atoms with Crippen LogP contribution in [0.4, 0.5) is 18.9 Å². The van der Waals surface area contributed by atoms with Crippen LogP contribution in [0.5, 0.6) is 0 Å². The summed E-state index contributed by atoms with van der Waals surface area (Å²) in [6.45, 7) is 3.66. The van der Waals surface area contributed by atoms with Crippen molar-refractivity contribution < 1.29 is 22.8 Å². The van der Waals surface area contributed by atoms with Crippen LogP contribution in [0.15, 0.2) is 23.4 Å². The zero-order chi connectivity index (χ0) is 19.2. The molecule has 1 atom stereocenters. The third kappa shape index (κ3) is 3.14. The SMILES string of the molecule is Cc1ccc(N2C(=O)C[C@@H](Sc3nnc(C(F)(F)F)n3N)C2=O)c(C)c1. The Balaban J connectivity index is 1.85. The molecule has 1 aromatic carbocycles. The molecule has 0 spiro atoms. The molecule has 0 unspecified atom stereocenters. The molecule has 2 aromatic rings. The van der Waals surface area contributed by atoms with Gasteiger partial charge in [-0.25, -0.2) is 9.58 Å². The van der Waals surface area contributed by atoms with E-state index in [0.29, 0.717) is 17.4 Å². The average molecular weight is 385 g/mol. The second kappa shape index (κ2) is 6.31. The van der Waals surface area contributed by atoms with Gasteiger partial charge in [0, 0.05) is 6.42 Å². The molecule has 3 rings (SSSR count). The zero-order valence-corrected chi connectivity index (χ0v) is 14.6. The van der Waals surface area contributed by atoms with Gasteiger partial charge in [-0.05, 0) is 25.5 Å². The van der Waals surface area contributed by atoms with E-state index >= 15 is 0 Å². The molecule has 1 saturated heterocycles. The second-order valence-corrected chi connectivity index (χ2v) is 7.01. The number of nitrogen functional groups attached to an aromatic ring is 1. The fourth-order valence-electron chi connectivity index (χ4n) is 2.68. The predicted molar refractivity (Wildman–Crippen MR) is 87.8 cm³/mol. The van der Waals surface area contributed by atoms with Crippen molar-refractivity contribution in [2.24, 2.45) is 0 Å². The highest BCUT2D eigenvalue weighted by molar-refractivity contribution is 8.00. The van der Waals surface area contributed by atoms with E-state index in [-0.39, 0.29) is 16.3 Å². The van der Waals surface area contributed by atoms with Gasteiger partial charge in [-0.3, -0.25) is 9.59 Å². The molecule has 11 heteroatoms. The monoisotopic (exact) mass is 385 g/mol. The maximum Gasteiger partial charge on any atom is 0.453 e. The first kappa shape index (κ1) is 18.2. The van der Waals surface area contributed by atoms with Crippen molar-refractivity contribution in [3.05, 3.63) is 35.2 Å². The average Bonchev–Trinajstić information content (AvgIpc) is 3.01. The molecule has 2 N–H and O–H groups in total. The highest BCUT2D eigenvalue weighted by Gasteiger charge is 2.43. The van der Waals surface area contributed by atoms with Crippen LogP contribution in [0, 0.1) is 13.8 Å². The minimum atomic E-state index is -4.76. The molecule has 138 valence electrons. The number of benzene rings is 1. The molecule has 1 aromatic heterocycles. The van der Waals surface area contributed by atoms with E-state index in [9.17, 15) is 22.8 Å². The van der Waals surface area contributed by atoms with E-state index in [1.54, 1.807) is 19.1 Å². The Labute approximate surface area is 150 Å². The fourth-order valence-corrected chi connectivity index (χ4v) is 3.66. The van der Waals surface area contributed by atoms with Gasteiger partial charge in [-0.1, -0.05) is 29.5 Å². The van der Waals surface area contributed by atoms with E-state index < -0.39 is 29.1 Å². The lowest BCUT2D eigenvalue weighted by molar-refractivity contribution is -0.146. The molecule has 26 heavy (non-hydrogen) atoms. The van der Waals surface area contributed by atoms with Gasteiger partial charge in [-0.15, -0.1) is 10.2 Å². The van der Waals surface area contributed by atoms with Crippen molar-refractivity contribution in [1.82, 2.24) is 14.9 Å². The Morgan fingerprint density at radius 3 is 2.50 bits per heavy atom. The summed E-state index contributed by atoms with van der Waals surface area (Å²) in [5, 5.41) is 5.18. The number of rotatable bonds is 3. The van der Waals surface area contributed by atoms with Gasteiger partial charge in [0.2, 0.25) is 17.0 Å². The van der Waals surface area contributed by atoms with E-state index in [2.05, 4.69) is 10.2 Å². The number of carbonyl (C=O) groups excluding carboxylic acids is 2. The molecule has 7 nitrogen and oxygen atoms in total. The Bertz CT molecular complexity index is 896. The maximum absolute atomic E-state index is 12.7. The largest absolute Gasteiger partial charge is 0.453 e. The minimum Gasteiger partial charge on any atom is -0.335 e. The highest BCUT2D eigenvalue weighted by atomic mass is 32.2. The molecule has 1 fully saturated rings. The summed E-state index contributed by atoms with van der Waals surface area (Å²) in [5.41, 5.74) is 2.18. The number of aryl methyl sites for hydroxylation is 2. The van der Waals surface area contributed by atoms with Crippen molar-refractivity contribution in [1.29, 1.82) is 0 Å². The predicted octanol–water partition coefficient (Wildman–Crippen LogP) is 2.05. The molecule has 0 saturated carbocycles. The first-order chi connectivity index (χ1) is 12.1. The van der Waals surface area contributed by atoms with Crippen LogP contribution in [0.3, 0.4) is 0 Å². The molecule has 1 aliphatic rings. The molecule has 0 bridgehead atoms. The Morgan fingerprint density at radius 2 is 1.92 bits per heavy atom. The van der Waals surface area contributed by atoms with Crippen LogP contribution in [-0.2, 0) is 15.8 Å². The molecular weight excluding hydrogens is 371 g/mol. The van der Waals surface area contributed by atoms with Gasteiger partial charge in [0.05, 0.1) is 5.69 Å². The Morgan fingerprint density at radius 1 is 1.23 bits per heavy atom. The number of nitrogens with two attached hydrogens (primary N) is 1. The number of nitrogens with zero attached hydrogens (tertiary/aromatic N) is 4. The van der Waals surface area contributed by atoms with E-state index in [4.69, 9.17) is 5.84 Å². The van der Waals surface area contributed by atoms with Gasteiger partial charge in [0.1, 0.15) is 5.25 Å². The van der Waals surface area contributed by atoms with Gasteiger partial charge in [0.15, 0.2) is 0 Å². The number of thioether (sulfide) groups is 1. The second-order valence-electron chi connectivity index (χ2n) is 5.84. The normalized spacial score (nSPS) is 18.0. The van der Waals surface area contributed by atoms with Crippen molar-refractivity contribution in [3.8, 4) is 0 Å². The van der Waals surface area contributed by atoms with Crippen LogP contribution >= 0.6 is 11.8 Å². The van der Waals surface area contributed by atoms with Crippen LogP contribution < -0.4 is 10.7 Å². The van der Waals surface area contributed by atoms with Crippen LogP contribution in [0.1, 0.15) is 23.4 Å². The Hall–Kier alpha value is -2.56. The van der Waals surface area contributed by atoms with Crippen molar-refractivity contribution >= 4 is 29.3 Å². The molecular formula is C15H14F3N5O2S. The number of hydrogen-bond acceptors (Lipinski definition) is 6. The summed E-state index contributed by atoms with van der Waals surface area (Å²) in [7, 11) is 0. The number of aromatic nitrogens is 3. The van der Waals surface area contributed by atoms with Crippen molar-refractivity contribution in [2.75, 3.05) is 10.7 Å². The van der Waals surface area contributed by atoms with Crippen molar-refractivity contribution in [2.45, 2.75) is 36.9 Å². The number of carbonyl (C=O) groups is 2. The number of halogens is 3. The summed E-state index contributed by atoms with van der Waals surface area (Å²) in [6.07, 6.45) is -4.92. The smallest absolute Gasteiger partial charge is 0.335 e. The van der Waals surface area contributed by atoms with Crippen LogP contribution in [-0.4, -0.2) is 31.9 Å². The van der Waals surface area contributed by atoms with Gasteiger partial charge in [-0.2, -0.15) is 13.2 Å². The topological polar surface area (TPSA) is 94.1 Å². The van der Waals surface area contributed by atoms with E-state index in [1.165, 1.54) is 0 Å². The van der Waals surface area contributed by atoms with Crippen LogP contribution in [0.25, 0.3) is 0 Å². The first-order valence-corrected chi connectivity index (χ1v) is 8.36. The Kier molecular flexibility index (Phi) is 4.42. The van der Waals surface area contributed by atoms with Crippen molar-refractivity contribution in [3.63, 3.8) is 0 Å². The quantitative estimate of drug-likeness (QED) is 0.642. The number of imide groups is 1. The number of anilines is 1. The number of amides is 2. The summed E-state index contributed by atoms with van der Waals surface area (Å²) in [6, 6.07) is 5.28. The maximum atomic E-state index is 12.7. The summed E-state index contributed by atoms with van der Waals surface area (Å²) in [4.78, 5) is 26.0. The standard InChI is InChI=1S/C15H14F3N5O2S/c1-7-3-4-9(8(2)5-7)22-11(24)6-10(12(22)25)26-14-21-20-13(23(14)19)15(16,17)18/h3-5,10H,6,19H2,1-2H3/t10-/m1/s1. The van der Waals surface area contributed by atoms with E-state index in [1.807, 2.05) is 13.0 Å². The number of alkyl halides is 3. The van der Waals surface area contributed by atoms with E-state index in [0.717, 1.165) is 16.0 Å². The lowest BCUT2D eigenvalue weighted by Gasteiger charge is -2.17. The fraction of sp³-hybridized carbons (Fsp3) is 0.333. The first-order valence-electron chi connectivity index (χ1n) is 7.48. The lowest BCUT2D eigenvalue weighted by atomic mass is 10.1.